The van der Waals surface area contributed by atoms with Crippen LogP contribution in [-0.4, -0.2) is 44.5 Å². The zero-order valence-electron chi connectivity index (χ0n) is 31.8. The van der Waals surface area contributed by atoms with Crippen LogP contribution >= 0.6 is 0 Å². The smallest absolute Gasteiger partial charge is 0.186 e. The van der Waals surface area contributed by atoms with Crippen LogP contribution in [-0.2, 0) is 10.8 Å². The fraction of sp³-hybridized carbons (Fsp3) is 0.0980. The largest absolute Gasteiger partial charge is 0.496 e. The predicted octanol–water partition coefficient (Wildman–Crippen LogP) is 9.76. The van der Waals surface area contributed by atoms with Crippen molar-refractivity contribution in [3.8, 4) is 50.6 Å². The van der Waals surface area contributed by atoms with Crippen LogP contribution in [0.2, 0.25) is 0 Å². The monoisotopic (exact) mass is 758 g/mol. The van der Waals surface area contributed by atoms with Crippen molar-refractivity contribution in [3.05, 3.63) is 196 Å². The lowest BCUT2D eigenvalue weighted by molar-refractivity contribution is 0.0816. The van der Waals surface area contributed by atoms with E-state index in [1.165, 1.54) is 21.3 Å². The fourth-order valence-electron chi connectivity index (χ4n) is 9.85. The summed E-state index contributed by atoms with van der Waals surface area (Å²) in [7, 11) is 4.49. The standard InChI is InChI=1S/C51H34O7/c1-56-39-27-29-17-7-4-9-19-31(29)41(39)50(46(52)35-23-13-14-24-36(35)47(50)53)43-33-21-11-6-12-22-34(33)44(45(43)58-3)51(48(54)37-25-15-16-26-38(37)49(51)55)42-32-20-10-5-8-18-30(32)28-40(42)57-2/h4-28H,1-3H3. The summed E-state index contributed by atoms with van der Waals surface area (Å²) in [4.78, 5) is 63.1. The Morgan fingerprint density at radius 1 is 0.328 bits per heavy atom. The van der Waals surface area contributed by atoms with Crippen molar-refractivity contribution in [2.45, 2.75) is 10.8 Å². The van der Waals surface area contributed by atoms with Gasteiger partial charge < -0.3 is 14.2 Å². The molecule has 0 heterocycles. The minimum absolute atomic E-state index is 0.0682. The van der Waals surface area contributed by atoms with E-state index in [-0.39, 0.29) is 39.1 Å². The van der Waals surface area contributed by atoms with Gasteiger partial charge in [-0.15, -0.1) is 0 Å². The number of benzene rings is 2. The Bertz CT molecular complexity index is 2690. The molecule has 8 aliphatic rings. The molecule has 0 unspecified atom stereocenters. The van der Waals surface area contributed by atoms with E-state index in [2.05, 4.69) is 0 Å². The third-order valence-corrected chi connectivity index (χ3v) is 12.1. The zero-order valence-corrected chi connectivity index (χ0v) is 31.8. The van der Waals surface area contributed by atoms with Crippen molar-refractivity contribution < 1.29 is 33.4 Å². The van der Waals surface area contributed by atoms with Gasteiger partial charge in [-0.05, 0) is 45.5 Å². The summed E-state index contributed by atoms with van der Waals surface area (Å²) in [5, 5.41) is 0. The quantitative estimate of drug-likeness (QED) is 0.149. The number of hydrogen-bond donors (Lipinski definition) is 0. The maximum Gasteiger partial charge on any atom is 0.186 e. The molecule has 58 heavy (non-hydrogen) atoms. The molecule has 0 atom stereocenters. The van der Waals surface area contributed by atoms with Gasteiger partial charge in [0.15, 0.2) is 34.0 Å². The van der Waals surface area contributed by atoms with E-state index >= 15 is 19.2 Å². The van der Waals surface area contributed by atoms with Crippen LogP contribution in [0.25, 0.3) is 33.4 Å². The van der Waals surface area contributed by atoms with Gasteiger partial charge in [0.25, 0.3) is 0 Å². The van der Waals surface area contributed by atoms with Gasteiger partial charge in [-0.3, -0.25) is 19.2 Å². The summed E-state index contributed by atoms with van der Waals surface area (Å²) in [5.74, 6) is -1.16. The van der Waals surface area contributed by atoms with Crippen LogP contribution in [0.1, 0.15) is 63.7 Å². The van der Waals surface area contributed by atoms with E-state index in [0.717, 1.165) is 11.1 Å². The first-order chi connectivity index (χ1) is 28.3. The van der Waals surface area contributed by atoms with E-state index < -0.39 is 34.0 Å². The highest BCUT2D eigenvalue weighted by Gasteiger charge is 2.65. The van der Waals surface area contributed by atoms with Crippen molar-refractivity contribution >= 4 is 23.1 Å². The number of methoxy groups -OCH3 is 3. The van der Waals surface area contributed by atoms with E-state index in [9.17, 15) is 0 Å². The van der Waals surface area contributed by atoms with Crippen molar-refractivity contribution in [2.75, 3.05) is 21.3 Å². The van der Waals surface area contributed by atoms with Gasteiger partial charge in [0.2, 0.25) is 0 Å². The summed E-state index contributed by atoms with van der Waals surface area (Å²) in [6.45, 7) is 0. The molecular formula is C51H34O7. The number of ketones is 4. The molecule has 10 rings (SSSR count). The van der Waals surface area contributed by atoms with Crippen molar-refractivity contribution in [1.82, 2.24) is 0 Å². The fourth-order valence-corrected chi connectivity index (χ4v) is 9.85. The minimum atomic E-state index is -2.09. The Balaban J connectivity index is 1.44. The summed E-state index contributed by atoms with van der Waals surface area (Å²) in [6.07, 6.45) is 0. The molecule has 0 amide bonds. The second-order valence-corrected chi connectivity index (χ2v) is 14.7. The molecule has 0 saturated carbocycles. The van der Waals surface area contributed by atoms with Crippen LogP contribution < -0.4 is 14.2 Å². The first kappa shape index (κ1) is 35.1. The average molecular weight is 759 g/mol. The van der Waals surface area contributed by atoms with Crippen molar-refractivity contribution in [3.63, 3.8) is 0 Å². The average Bonchev–Trinajstić information content (AvgIpc) is 3.79. The van der Waals surface area contributed by atoms with E-state index in [1.807, 2.05) is 103 Å². The lowest BCUT2D eigenvalue weighted by Gasteiger charge is -2.31. The van der Waals surface area contributed by atoms with Crippen molar-refractivity contribution in [1.29, 1.82) is 0 Å². The number of carbonyl (C=O) groups excluding carboxylic acids is 4. The zero-order chi connectivity index (χ0) is 39.9. The van der Waals surface area contributed by atoms with Gasteiger partial charge >= 0.3 is 0 Å². The molecule has 7 nitrogen and oxygen atoms in total. The van der Waals surface area contributed by atoms with Gasteiger partial charge in [-0.2, -0.15) is 0 Å². The topological polar surface area (TPSA) is 96.0 Å². The molecule has 0 aromatic heterocycles. The molecule has 0 fully saturated rings. The lowest BCUT2D eigenvalue weighted by Crippen LogP contribution is -2.42. The van der Waals surface area contributed by atoms with Crippen LogP contribution in [0.5, 0.6) is 17.2 Å². The second-order valence-electron chi connectivity index (χ2n) is 14.7. The summed E-state index contributed by atoms with van der Waals surface area (Å²) in [5.41, 5.74) is 1.60. The Labute approximate surface area is 334 Å². The molecule has 2 aromatic carbocycles. The Kier molecular flexibility index (Phi) is 7.76. The Morgan fingerprint density at radius 2 is 0.621 bits per heavy atom. The van der Waals surface area contributed by atoms with Crippen LogP contribution in [0, 0.1) is 0 Å². The molecule has 0 aliphatic heterocycles. The molecule has 8 aliphatic carbocycles. The number of ether oxygens (including phenoxy) is 3. The summed E-state index contributed by atoms with van der Waals surface area (Å²) in [6, 6.07) is 45.2. The maximum atomic E-state index is 15.8. The molecule has 2 aromatic rings. The molecule has 0 spiro atoms. The normalized spacial score (nSPS) is 15.2. The molecule has 7 heteroatoms. The van der Waals surface area contributed by atoms with Crippen LogP contribution in [0.15, 0.2) is 152 Å². The van der Waals surface area contributed by atoms with Gasteiger partial charge in [0.1, 0.15) is 17.2 Å². The molecule has 0 radical (unpaired) electrons. The third-order valence-electron chi connectivity index (χ3n) is 12.1. The number of fused-ring (bicyclic) bond motifs is 5. The summed E-state index contributed by atoms with van der Waals surface area (Å²) < 4.78 is 18.8. The minimum Gasteiger partial charge on any atom is -0.496 e. The third kappa shape index (κ3) is 4.27. The highest BCUT2D eigenvalue weighted by atomic mass is 16.5. The number of Topliss-reactive ketones (excluding diaryl/α,β-unsaturated/α-hetero) is 4. The predicted molar refractivity (Wildman–Crippen MR) is 221 cm³/mol. The first-order valence-electron chi connectivity index (χ1n) is 18.9. The lowest BCUT2D eigenvalue weighted by atomic mass is 9.67. The van der Waals surface area contributed by atoms with Crippen LogP contribution in [0.3, 0.4) is 0 Å². The number of carbonyl (C=O) groups is 4. The highest BCUT2D eigenvalue weighted by molar-refractivity contribution is 6.39. The van der Waals surface area contributed by atoms with E-state index in [0.29, 0.717) is 44.9 Å². The Hall–Kier alpha value is -7.38. The number of rotatable bonds is 7. The molecular weight excluding hydrogens is 725 g/mol. The number of hydrogen-bond acceptors (Lipinski definition) is 7. The van der Waals surface area contributed by atoms with Crippen molar-refractivity contribution in [2.24, 2.45) is 0 Å². The van der Waals surface area contributed by atoms with Gasteiger partial charge in [-0.25, -0.2) is 0 Å². The molecule has 0 N–H and O–H groups in total. The SMILES string of the molecule is COc1cc2cccccc-2c1C1(c2c3cccccc-3c(C3(c4c(OC)cc5cccccc4-5)C(=O)c4ccccc4C3=O)c2OC)C(=O)c2ccccc2C1=O. The van der Waals surface area contributed by atoms with E-state index in [1.54, 1.807) is 48.5 Å². The molecule has 280 valence electrons. The first-order valence-corrected chi connectivity index (χ1v) is 18.9. The molecule has 0 bridgehead atoms. The van der Waals surface area contributed by atoms with Crippen LogP contribution in [0.4, 0.5) is 0 Å². The summed E-state index contributed by atoms with van der Waals surface area (Å²) >= 11 is 0. The Morgan fingerprint density at radius 3 is 0.948 bits per heavy atom. The van der Waals surface area contributed by atoms with Gasteiger partial charge in [-0.1, -0.05) is 140 Å². The van der Waals surface area contributed by atoms with Gasteiger partial charge in [0.05, 0.1) is 21.3 Å². The van der Waals surface area contributed by atoms with E-state index in [4.69, 9.17) is 14.2 Å². The highest BCUT2D eigenvalue weighted by Crippen LogP contribution is 2.64. The second kappa shape index (κ2) is 12.8. The maximum absolute atomic E-state index is 15.8. The molecule has 0 saturated heterocycles. The van der Waals surface area contributed by atoms with Gasteiger partial charge in [0, 0.05) is 44.5 Å².